The van der Waals surface area contributed by atoms with Crippen LogP contribution in [0.25, 0.3) is 0 Å². The van der Waals surface area contributed by atoms with Crippen molar-refractivity contribution in [3.05, 3.63) is 75.9 Å². The topological polar surface area (TPSA) is 58.2 Å². The Kier molecular flexibility index (Phi) is 5.28. The van der Waals surface area contributed by atoms with Crippen molar-refractivity contribution < 1.29 is 31.5 Å². The summed E-state index contributed by atoms with van der Waals surface area (Å²) in [5.41, 5.74) is -0.661. The molecule has 0 saturated heterocycles. The molecule has 162 valence electrons. The van der Waals surface area contributed by atoms with E-state index in [9.17, 15) is 31.5 Å². The zero-order valence-electron chi connectivity index (χ0n) is 16.1. The first-order valence-electron chi connectivity index (χ1n) is 9.65. The summed E-state index contributed by atoms with van der Waals surface area (Å²) < 4.78 is 67.1. The predicted molar refractivity (Wildman–Crippen MR) is 103 cm³/mol. The molecule has 2 aromatic carbocycles. The van der Waals surface area contributed by atoms with Gasteiger partial charge in [0.05, 0.1) is 11.6 Å². The normalized spacial score (nSPS) is 18.6. The molecule has 0 spiro atoms. The highest BCUT2D eigenvalue weighted by atomic mass is 19.4. The van der Waals surface area contributed by atoms with Gasteiger partial charge in [0.1, 0.15) is 11.6 Å². The van der Waals surface area contributed by atoms with E-state index in [1.165, 1.54) is 18.2 Å². The van der Waals surface area contributed by atoms with E-state index in [1.807, 2.05) is 0 Å². The second-order valence-corrected chi connectivity index (χ2v) is 7.49. The molecular formula is C22H17F5N2O2. The molecule has 9 heteroatoms. The molecule has 0 fully saturated rings. The van der Waals surface area contributed by atoms with Crippen LogP contribution in [0.5, 0.6) is 0 Å². The van der Waals surface area contributed by atoms with E-state index in [2.05, 4.69) is 10.6 Å². The number of amides is 2. The van der Waals surface area contributed by atoms with Crippen molar-refractivity contribution in [3.8, 4) is 0 Å². The summed E-state index contributed by atoms with van der Waals surface area (Å²) >= 11 is 0. The van der Waals surface area contributed by atoms with E-state index in [4.69, 9.17) is 0 Å². The Bertz CT molecular complexity index is 1110. The third-order valence-electron chi connectivity index (χ3n) is 5.44. The van der Waals surface area contributed by atoms with Crippen LogP contribution in [0, 0.1) is 5.82 Å². The molecule has 2 amide bonds. The number of allylic oxidation sites excluding steroid dienone is 1. The van der Waals surface area contributed by atoms with Crippen LogP contribution in [-0.4, -0.2) is 11.8 Å². The minimum Gasteiger partial charge on any atom is -0.341 e. The van der Waals surface area contributed by atoms with Crippen LogP contribution in [0.3, 0.4) is 0 Å². The molecule has 4 rings (SSSR count). The lowest BCUT2D eigenvalue weighted by atomic mass is 9.88. The molecule has 0 radical (unpaired) electrons. The van der Waals surface area contributed by atoms with E-state index in [-0.39, 0.29) is 23.5 Å². The Morgan fingerprint density at radius 2 is 1.81 bits per heavy atom. The van der Waals surface area contributed by atoms with Crippen molar-refractivity contribution in [1.82, 2.24) is 5.32 Å². The van der Waals surface area contributed by atoms with Gasteiger partial charge >= 0.3 is 6.18 Å². The second kappa shape index (κ2) is 7.79. The van der Waals surface area contributed by atoms with Crippen molar-refractivity contribution in [1.29, 1.82) is 0 Å². The molecule has 4 nitrogen and oxygen atoms in total. The first kappa shape index (κ1) is 21.0. The molecular weight excluding hydrogens is 419 g/mol. The summed E-state index contributed by atoms with van der Waals surface area (Å²) in [6, 6.07) is 5.24. The molecule has 1 heterocycles. The lowest BCUT2D eigenvalue weighted by Gasteiger charge is -2.23. The van der Waals surface area contributed by atoms with Gasteiger partial charge in [-0.05, 0) is 61.6 Å². The summed E-state index contributed by atoms with van der Waals surface area (Å²) in [7, 11) is 0. The largest absolute Gasteiger partial charge is 0.416 e. The molecule has 1 aliphatic heterocycles. The van der Waals surface area contributed by atoms with Gasteiger partial charge in [0.15, 0.2) is 0 Å². The molecule has 1 atom stereocenters. The molecule has 0 saturated carbocycles. The number of halogens is 5. The smallest absolute Gasteiger partial charge is 0.341 e. The number of rotatable bonds is 3. The van der Waals surface area contributed by atoms with Crippen molar-refractivity contribution in [2.24, 2.45) is 0 Å². The third kappa shape index (κ3) is 4.04. The van der Waals surface area contributed by atoms with Crippen LogP contribution < -0.4 is 10.6 Å². The van der Waals surface area contributed by atoms with Crippen molar-refractivity contribution in [2.75, 3.05) is 5.32 Å². The van der Waals surface area contributed by atoms with Crippen molar-refractivity contribution in [3.63, 3.8) is 0 Å². The zero-order valence-corrected chi connectivity index (χ0v) is 16.1. The fourth-order valence-electron chi connectivity index (χ4n) is 4.00. The van der Waals surface area contributed by atoms with E-state index in [1.54, 1.807) is 0 Å². The van der Waals surface area contributed by atoms with Crippen LogP contribution in [0.2, 0.25) is 0 Å². The summed E-state index contributed by atoms with van der Waals surface area (Å²) in [6.45, 7) is 0. The minimum absolute atomic E-state index is 0.148. The van der Waals surface area contributed by atoms with E-state index in [0.29, 0.717) is 42.2 Å². The lowest BCUT2D eigenvalue weighted by Crippen LogP contribution is -2.23. The maximum absolute atomic E-state index is 14.5. The molecule has 2 aliphatic rings. The van der Waals surface area contributed by atoms with Gasteiger partial charge in [-0.3, -0.25) is 9.59 Å². The molecule has 0 aromatic heterocycles. The number of nitrogens with one attached hydrogen (secondary N) is 2. The summed E-state index contributed by atoms with van der Waals surface area (Å²) in [5, 5.41) is 5.17. The van der Waals surface area contributed by atoms with Crippen LogP contribution in [0.4, 0.5) is 27.6 Å². The Hall–Kier alpha value is -3.23. The highest BCUT2D eigenvalue weighted by Crippen LogP contribution is 2.42. The number of carbonyl (C=O) groups excluding carboxylic acids is 2. The van der Waals surface area contributed by atoms with Gasteiger partial charge in [0.25, 0.3) is 11.8 Å². The van der Waals surface area contributed by atoms with E-state index in [0.717, 1.165) is 6.42 Å². The van der Waals surface area contributed by atoms with Crippen LogP contribution in [0.15, 0.2) is 47.8 Å². The van der Waals surface area contributed by atoms with Gasteiger partial charge < -0.3 is 10.6 Å². The zero-order chi connectivity index (χ0) is 22.3. The molecule has 31 heavy (non-hydrogen) atoms. The summed E-state index contributed by atoms with van der Waals surface area (Å²) in [5.74, 6) is -2.94. The molecule has 2 aromatic rings. The predicted octanol–water partition coefficient (Wildman–Crippen LogP) is 5.68. The minimum atomic E-state index is -4.82. The van der Waals surface area contributed by atoms with Gasteiger partial charge in [-0.1, -0.05) is 6.07 Å². The molecule has 1 unspecified atom stereocenters. The van der Waals surface area contributed by atoms with Crippen LogP contribution >= 0.6 is 0 Å². The van der Waals surface area contributed by atoms with Crippen molar-refractivity contribution in [2.45, 2.75) is 37.9 Å². The number of hydrogen-bond acceptors (Lipinski definition) is 2. The number of alkyl halides is 3. The summed E-state index contributed by atoms with van der Waals surface area (Å²) in [4.78, 5) is 25.0. The standard InChI is InChI=1S/C22H17F5N2O2/c23-13-9-11(8-12(10-13)22(25,26)27)20(30)28-17-7-3-5-15-18(17)19(29-21(15)31)14-4-1-2-6-16(14)24/h3,5,7-10,19H,1-2,4,6H2,(H,28,30)(H,29,31). The second-order valence-electron chi connectivity index (χ2n) is 7.49. The fourth-order valence-corrected chi connectivity index (χ4v) is 4.00. The van der Waals surface area contributed by atoms with E-state index >= 15 is 0 Å². The molecule has 1 aliphatic carbocycles. The highest BCUT2D eigenvalue weighted by Gasteiger charge is 2.36. The first-order valence-corrected chi connectivity index (χ1v) is 9.65. The van der Waals surface area contributed by atoms with Crippen molar-refractivity contribution >= 4 is 17.5 Å². The molecule has 0 bridgehead atoms. The number of fused-ring (bicyclic) bond motifs is 1. The first-order chi connectivity index (χ1) is 14.6. The van der Waals surface area contributed by atoms with E-state index < -0.39 is 41.0 Å². The quantitative estimate of drug-likeness (QED) is 0.609. The van der Waals surface area contributed by atoms with Gasteiger partial charge in [0, 0.05) is 22.4 Å². The third-order valence-corrected chi connectivity index (χ3v) is 5.44. The van der Waals surface area contributed by atoms with Crippen LogP contribution in [0.1, 0.15) is 63.6 Å². The van der Waals surface area contributed by atoms with Crippen LogP contribution in [-0.2, 0) is 6.18 Å². The Balaban J connectivity index is 1.71. The maximum Gasteiger partial charge on any atom is 0.416 e. The maximum atomic E-state index is 14.5. The average molecular weight is 436 g/mol. The SMILES string of the molecule is O=C(Nc1cccc2c1C(C1=C(F)CCCC1)NC2=O)c1cc(F)cc(C(F)(F)F)c1. The number of hydrogen-bond donors (Lipinski definition) is 2. The monoisotopic (exact) mass is 436 g/mol. The number of carbonyl (C=O) groups is 2. The van der Waals surface area contributed by atoms with Gasteiger partial charge in [-0.25, -0.2) is 8.78 Å². The summed E-state index contributed by atoms with van der Waals surface area (Å²) in [6.07, 6.45) is -2.67. The number of anilines is 1. The Morgan fingerprint density at radius 1 is 1.06 bits per heavy atom. The van der Waals surface area contributed by atoms with Gasteiger partial charge in [0.2, 0.25) is 0 Å². The molecule has 2 N–H and O–H groups in total. The number of benzene rings is 2. The Labute approximate surface area is 174 Å². The lowest BCUT2D eigenvalue weighted by molar-refractivity contribution is -0.137. The highest BCUT2D eigenvalue weighted by molar-refractivity contribution is 6.07. The van der Waals surface area contributed by atoms with Gasteiger partial charge in [-0.2, -0.15) is 13.2 Å². The average Bonchev–Trinajstić information content (AvgIpc) is 3.05. The fraction of sp³-hybridized carbons (Fsp3) is 0.273. The Morgan fingerprint density at radius 3 is 2.52 bits per heavy atom. The van der Waals surface area contributed by atoms with Gasteiger partial charge in [-0.15, -0.1) is 0 Å².